The summed E-state index contributed by atoms with van der Waals surface area (Å²) in [4.78, 5) is 2.42. The Morgan fingerprint density at radius 3 is 2.78 bits per heavy atom. The van der Waals surface area contributed by atoms with Crippen molar-refractivity contribution in [2.24, 2.45) is 5.73 Å². The number of halogens is 1. The van der Waals surface area contributed by atoms with Crippen molar-refractivity contribution in [1.82, 2.24) is 0 Å². The molecule has 1 aromatic rings. The molecule has 0 radical (unpaired) electrons. The summed E-state index contributed by atoms with van der Waals surface area (Å²) in [5.74, 6) is 0.139. The Kier molecular flexibility index (Phi) is 4.27. The zero-order chi connectivity index (χ0) is 13.1. The Hall–Kier alpha value is -1.03. The van der Waals surface area contributed by atoms with Crippen molar-refractivity contribution in [2.45, 2.75) is 38.6 Å². The van der Waals surface area contributed by atoms with Gasteiger partial charge < -0.3 is 10.6 Å². The summed E-state index contributed by atoms with van der Waals surface area (Å²) in [5.41, 5.74) is 7.67. The van der Waals surface area contributed by atoms with Gasteiger partial charge in [0, 0.05) is 22.7 Å². The minimum Gasteiger partial charge on any atom is -0.384 e. The Labute approximate surface area is 117 Å². The molecular formula is C14H20BrN3. The van der Waals surface area contributed by atoms with E-state index in [1.807, 2.05) is 12.1 Å². The molecule has 0 aliphatic heterocycles. The molecular weight excluding hydrogens is 290 g/mol. The summed E-state index contributed by atoms with van der Waals surface area (Å²) >= 11 is 3.51. The van der Waals surface area contributed by atoms with E-state index < -0.39 is 0 Å². The van der Waals surface area contributed by atoms with E-state index in [1.165, 1.54) is 25.7 Å². The maximum absolute atomic E-state index is 7.77. The maximum Gasteiger partial charge on any atom is 0.126 e. The standard InChI is InChI=1S/C14H20BrN3/c1-2-3-9-18(10-7-8-10)12-6-4-5-11(15)13(12)14(16)17/h4-6,10H,2-3,7-9H2,1H3,(H3,16,17). The lowest BCUT2D eigenvalue weighted by Crippen LogP contribution is -2.29. The molecule has 0 aromatic heterocycles. The second kappa shape index (κ2) is 5.74. The van der Waals surface area contributed by atoms with E-state index in [-0.39, 0.29) is 5.84 Å². The lowest BCUT2D eigenvalue weighted by atomic mass is 10.1. The monoisotopic (exact) mass is 309 g/mol. The van der Waals surface area contributed by atoms with Crippen molar-refractivity contribution in [1.29, 1.82) is 5.41 Å². The lowest BCUT2D eigenvalue weighted by Gasteiger charge is -2.27. The van der Waals surface area contributed by atoms with Gasteiger partial charge in [-0.05, 0) is 47.3 Å². The van der Waals surface area contributed by atoms with Gasteiger partial charge in [0.2, 0.25) is 0 Å². The van der Waals surface area contributed by atoms with Crippen LogP contribution in [0, 0.1) is 5.41 Å². The van der Waals surface area contributed by atoms with Crippen LogP contribution in [0.25, 0.3) is 0 Å². The molecule has 18 heavy (non-hydrogen) atoms. The highest BCUT2D eigenvalue weighted by Gasteiger charge is 2.30. The molecule has 0 saturated heterocycles. The molecule has 4 heteroatoms. The van der Waals surface area contributed by atoms with Crippen LogP contribution in [0.1, 0.15) is 38.2 Å². The van der Waals surface area contributed by atoms with Gasteiger partial charge in [-0.25, -0.2) is 0 Å². The molecule has 1 aliphatic rings. The van der Waals surface area contributed by atoms with E-state index in [0.29, 0.717) is 6.04 Å². The Balaban J connectivity index is 2.34. The molecule has 0 atom stereocenters. The predicted octanol–water partition coefficient (Wildman–Crippen LogP) is 3.50. The molecule has 3 nitrogen and oxygen atoms in total. The van der Waals surface area contributed by atoms with Crippen LogP contribution in [-0.2, 0) is 0 Å². The van der Waals surface area contributed by atoms with Crippen molar-refractivity contribution >= 4 is 27.5 Å². The molecule has 0 unspecified atom stereocenters. The van der Waals surface area contributed by atoms with Gasteiger partial charge in [-0.2, -0.15) is 0 Å². The van der Waals surface area contributed by atoms with E-state index in [9.17, 15) is 0 Å². The molecule has 98 valence electrons. The second-order valence-electron chi connectivity index (χ2n) is 4.83. The number of nitrogens with one attached hydrogen (secondary N) is 1. The number of hydrogen-bond acceptors (Lipinski definition) is 2. The van der Waals surface area contributed by atoms with Gasteiger partial charge >= 0.3 is 0 Å². The van der Waals surface area contributed by atoms with Gasteiger partial charge in [0.1, 0.15) is 5.84 Å². The zero-order valence-corrected chi connectivity index (χ0v) is 12.3. The smallest absolute Gasteiger partial charge is 0.126 e. The van der Waals surface area contributed by atoms with Crippen LogP contribution in [0.5, 0.6) is 0 Å². The van der Waals surface area contributed by atoms with Crippen LogP contribution in [0.4, 0.5) is 5.69 Å². The number of hydrogen-bond donors (Lipinski definition) is 2. The first-order valence-corrected chi connectivity index (χ1v) is 7.34. The molecule has 3 N–H and O–H groups in total. The quantitative estimate of drug-likeness (QED) is 0.624. The van der Waals surface area contributed by atoms with Gasteiger partial charge in [0.25, 0.3) is 0 Å². The number of benzene rings is 1. The minimum absolute atomic E-state index is 0.139. The fourth-order valence-corrected chi connectivity index (χ4v) is 2.80. The van der Waals surface area contributed by atoms with Gasteiger partial charge in [0.15, 0.2) is 0 Å². The summed E-state index contributed by atoms with van der Waals surface area (Å²) in [6, 6.07) is 6.69. The third-order valence-electron chi connectivity index (χ3n) is 3.31. The van der Waals surface area contributed by atoms with Gasteiger partial charge in [-0.3, -0.25) is 5.41 Å². The summed E-state index contributed by atoms with van der Waals surface area (Å²) in [5, 5.41) is 7.77. The van der Waals surface area contributed by atoms with E-state index in [1.54, 1.807) is 0 Å². The zero-order valence-electron chi connectivity index (χ0n) is 10.7. The fourth-order valence-electron chi connectivity index (χ4n) is 2.23. The van der Waals surface area contributed by atoms with Gasteiger partial charge in [0.05, 0.1) is 5.56 Å². The molecule has 0 amide bonds. The first-order valence-electron chi connectivity index (χ1n) is 6.54. The highest BCUT2D eigenvalue weighted by Crippen LogP contribution is 2.36. The highest BCUT2D eigenvalue weighted by molar-refractivity contribution is 9.10. The number of amidine groups is 1. The van der Waals surface area contributed by atoms with Crippen molar-refractivity contribution in [3.63, 3.8) is 0 Å². The molecule has 1 fully saturated rings. The number of nitrogens with zero attached hydrogens (tertiary/aromatic N) is 1. The molecule has 0 heterocycles. The third kappa shape index (κ3) is 2.86. The van der Waals surface area contributed by atoms with E-state index in [0.717, 1.165) is 22.3 Å². The van der Waals surface area contributed by atoms with Crippen LogP contribution >= 0.6 is 15.9 Å². The Morgan fingerprint density at radius 2 is 2.22 bits per heavy atom. The Morgan fingerprint density at radius 1 is 1.50 bits per heavy atom. The molecule has 0 bridgehead atoms. The number of nitrogen functional groups attached to an aromatic ring is 1. The van der Waals surface area contributed by atoms with Gasteiger partial charge in [-0.1, -0.05) is 19.4 Å². The molecule has 1 saturated carbocycles. The Bertz CT molecular complexity index is 441. The molecule has 1 aromatic carbocycles. The van der Waals surface area contributed by atoms with Crippen LogP contribution < -0.4 is 10.6 Å². The normalized spacial score (nSPS) is 14.6. The van der Waals surface area contributed by atoms with Crippen LogP contribution in [0.2, 0.25) is 0 Å². The molecule has 2 rings (SSSR count). The van der Waals surface area contributed by atoms with Crippen LogP contribution in [-0.4, -0.2) is 18.4 Å². The summed E-state index contributed by atoms with van der Waals surface area (Å²) in [7, 11) is 0. The number of unbranched alkanes of at least 4 members (excludes halogenated alkanes) is 1. The SMILES string of the molecule is CCCCN(c1cccc(Br)c1C(=N)N)C1CC1. The topological polar surface area (TPSA) is 53.1 Å². The summed E-state index contributed by atoms with van der Waals surface area (Å²) in [6.07, 6.45) is 4.88. The largest absolute Gasteiger partial charge is 0.384 e. The molecule has 1 aliphatic carbocycles. The van der Waals surface area contributed by atoms with Crippen molar-refractivity contribution < 1.29 is 0 Å². The minimum atomic E-state index is 0.139. The highest BCUT2D eigenvalue weighted by atomic mass is 79.9. The lowest BCUT2D eigenvalue weighted by molar-refractivity contribution is 0.712. The van der Waals surface area contributed by atoms with Crippen LogP contribution in [0.3, 0.4) is 0 Å². The predicted molar refractivity (Wildman–Crippen MR) is 80.4 cm³/mol. The summed E-state index contributed by atoms with van der Waals surface area (Å²) < 4.78 is 0.912. The van der Waals surface area contributed by atoms with E-state index in [4.69, 9.17) is 11.1 Å². The third-order valence-corrected chi connectivity index (χ3v) is 3.97. The fraction of sp³-hybridized carbons (Fsp3) is 0.500. The van der Waals surface area contributed by atoms with E-state index >= 15 is 0 Å². The first kappa shape index (κ1) is 13.4. The van der Waals surface area contributed by atoms with Crippen molar-refractivity contribution in [2.75, 3.05) is 11.4 Å². The van der Waals surface area contributed by atoms with Crippen molar-refractivity contribution in [3.8, 4) is 0 Å². The summed E-state index contributed by atoms with van der Waals surface area (Å²) in [6.45, 7) is 3.26. The number of rotatable bonds is 6. The average molecular weight is 310 g/mol. The number of nitrogens with two attached hydrogens (primary N) is 1. The average Bonchev–Trinajstić information content (AvgIpc) is 3.13. The first-order chi connectivity index (χ1) is 8.65. The van der Waals surface area contributed by atoms with E-state index in [2.05, 4.69) is 33.8 Å². The van der Waals surface area contributed by atoms with Crippen LogP contribution in [0.15, 0.2) is 22.7 Å². The number of anilines is 1. The van der Waals surface area contributed by atoms with Gasteiger partial charge in [-0.15, -0.1) is 0 Å². The van der Waals surface area contributed by atoms with Crippen molar-refractivity contribution in [3.05, 3.63) is 28.2 Å². The maximum atomic E-state index is 7.77. The molecule has 0 spiro atoms. The second-order valence-corrected chi connectivity index (χ2v) is 5.68.